The molecule has 0 saturated heterocycles. The van der Waals surface area contributed by atoms with Gasteiger partial charge >= 0.3 is 0 Å². The number of rotatable bonds is 3. The van der Waals surface area contributed by atoms with Gasteiger partial charge in [-0.05, 0) is 18.6 Å². The predicted molar refractivity (Wildman–Crippen MR) is 63.4 cm³/mol. The summed E-state index contributed by atoms with van der Waals surface area (Å²) in [7, 11) is 1.89. The maximum Gasteiger partial charge on any atom is 0.182 e. The zero-order valence-corrected chi connectivity index (χ0v) is 9.64. The van der Waals surface area contributed by atoms with Gasteiger partial charge in [-0.25, -0.2) is 4.98 Å². The van der Waals surface area contributed by atoms with Crippen molar-refractivity contribution in [3.63, 3.8) is 0 Å². The van der Waals surface area contributed by atoms with Gasteiger partial charge in [-0.1, -0.05) is 6.07 Å². The van der Waals surface area contributed by atoms with E-state index in [4.69, 9.17) is 0 Å². The number of nitrogens with one attached hydrogen (secondary N) is 1. The van der Waals surface area contributed by atoms with Crippen molar-refractivity contribution in [3.05, 3.63) is 40.7 Å². The Hall–Kier alpha value is -1.42. The summed E-state index contributed by atoms with van der Waals surface area (Å²) in [4.78, 5) is 9.87. The fourth-order valence-corrected chi connectivity index (χ4v) is 2.18. The molecule has 0 unspecified atom stereocenters. The number of anilines is 1. The molecule has 0 aliphatic carbocycles. The first-order valence-electron chi connectivity index (χ1n) is 4.82. The summed E-state index contributed by atoms with van der Waals surface area (Å²) in [5.41, 5.74) is 2.34. The van der Waals surface area contributed by atoms with Gasteiger partial charge in [0.2, 0.25) is 0 Å². The molecule has 2 aromatic rings. The van der Waals surface area contributed by atoms with E-state index in [2.05, 4.69) is 28.3 Å². The van der Waals surface area contributed by atoms with Crippen LogP contribution in [0.2, 0.25) is 0 Å². The lowest BCUT2D eigenvalue weighted by Gasteiger charge is -1.97. The Kier molecular flexibility index (Phi) is 2.97. The Bertz CT molecular complexity index is 436. The van der Waals surface area contributed by atoms with Crippen LogP contribution >= 0.6 is 11.3 Å². The Morgan fingerprint density at radius 2 is 2.33 bits per heavy atom. The molecule has 0 aliphatic rings. The minimum Gasteiger partial charge on any atom is -0.365 e. The molecule has 2 heterocycles. The van der Waals surface area contributed by atoms with Crippen molar-refractivity contribution < 1.29 is 0 Å². The van der Waals surface area contributed by atoms with Crippen LogP contribution in [-0.2, 0) is 6.42 Å². The van der Waals surface area contributed by atoms with Crippen LogP contribution in [0.4, 0.5) is 5.13 Å². The van der Waals surface area contributed by atoms with E-state index in [1.54, 1.807) is 17.5 Å². The van der Waals surface area contributed by atoms with E-state index in [1.807, 2.05) is 19.3 Å². The smallest absolute Gasteiger partial charge is 0.182 e. The van der Waals surface area contributed by atoms with E-state index in [0.717, 1.165) is 17.2 Å². The zero-order chi connectivity index (χ0) is 10.7. The molecule has 0 spiro atoms. The average molecular weight is 219 g/mol. The number of pyridine rings is 1. The third-order valence-electron chi connectivity index (χ3n) is 2.20. The van der Waals surface area contributed by atoms with Gasteiger partial charge in [0.15, 0.2) is 5.13 Å². The quantitative estimate of drug-likeness (QED) is 0.861. The van der Waals surface area contributed by atoms with Crippen LogP contribution in [0.5, 0.6) is 0 Å². The minimum atomic E-state index is 0.859. The van der Waals surface area contributed by atoms with Gasteiger partial charge < -0.3 is 5.32 Å². The second kappa shape index (κ2) is 4.40. The highest BCUT2D eigenvalue weighted by Crippen LogP contribution is 2.23. The van der Waals surface area contributed by atoms with Crippen LogP contribution in [0.1, 0.15) is 16.1 Å². The monoisotopic (exact) mass is 219 g/mol. The molecular formula is C11H13N3S. The van der Waals surface area contributed by atoms with Crippen LogP contribution in [0, 0.1) is 6.92 Å². The molecule has 78 valence electrons. The standard InChI is InChI=1S/C11H13N3S/c1-8-10(14-11(12-2)15-8)6-9-4-3-5-13-7-9/h3-5,7H,6H2,1-2H3,(H,12,14). The first kappa shape index (κ1) is 10.1. The minimum absolute atomic E-state index is 0.859. The average Bonchev–Trinajstić information content (AvgIpc) is 2.61. The van der Waals surface area contributed by atoms with Gasteiger partial charge in [0.1, 0.15) is 0 Å². The lowest BCUT2D eigenvalue weighted by Crippen LogP contribution is -1.92. The first-order chi connectivity index (χ1) is 7.29. The summed E-state index contributed by atoms with van der Waals surface area (Å²) in [6.45, 7) is 2.10. The number of hydrogen-bond donors (Lipinski definition) is 1. The Balaban J connectivity index is 2.21. The second-order valence-corrected chi connectivity index (χ2v) is 4.51. The number of thiazole rings is 1. The number of aryl methyl sites for hydroxylation is 1. The molecular weight excluding hydrogens is 206 g/mol. The van der Waals surface area contributed by atoms with Crippen LogP contribution in [-0.4, -0.2) is 17.0 Å². The van der Waals surface area contributed by atoms with Crippen molar-refractivity contribution in [2.75, 3.05) is 12.4 Å². The normalized spacial score (nSPS) is 10.3. The number of aromatic nitrogens is 2. The molecule has 3 nitrogen and oxygen atoms in total. The highest BCUT2D eigenvalue weighted by atomic mass is 32.1. The van der Waals surface area contributed by atoms with E-state index >= 15 is 0 Å². The Labute approximate surface area is 93.2 Å². The van der Waals surface area contributed by atoms with Crippen molar-refractivity contribution in [1.29, 1.82) is 0 Å². The van der Waals surface area contributed by atoms with Crippen molar-refractivity contribution in [3.8, 4) is 0 Å². The highest BCUT2D eigenvalue weighted by Gasteiger charge is 2.06. The summed E-state index contributed by atoms with van der Waals surface area (Å²) in [5.74, 6) is 0. The summed E-state index contributed by atoms with van der Waals surface area (Å²) in [6, 6.07) is 4.03. The van der Waals surface area contributed by atoms with E-state index in [-0.39, 0.29) is 0 Å². The Morgan fingerprint density at radius 3 is 2.93 bits per heavy atom. The van der Waals surface area contributed by atoms with Gasteiger partial charge in [0.05, 0.1) is 5.69 Å². The second-order valence-electron chi connectivity index (χ2n) is 3.31. The molecule has 0 radical (unpaired) electrons. The summed E-state index contributed by atoms with van der Waals surface area (Å²) in [5, 5.41) is 4.04. The highest BCUT2D eigenvalue weighted by molar-refractivity contribution is 7.15. The SMILES string of the molecule is CNc1nc(Cc2cccnc2)c(C)s1. The molecule has 2 rings (SSSR count). The van der Waals surface area contributed by atoms with Gasteiger partial charge in [-0.3, -0.25) is 4.98 Å². The summed E-state index contributed by atoms with van der Waals surface area (Å²) < 4.78 is 0. The van der Waals surface area contributed by atoms with E-state index < -0.39 is 0 Å². The van der Waals surface area contributed by atoms with Crippen molar-refractivity contribution in [2.24, 2.45) is 0 Å². The Morgan fingerprint density at radius 1 is 1.47 bits per heavy atom. The molecule has 15 heavy (non-hydrogen) atoms. The van der Waals surface area contributed by atoms with E-state index in [0.29, 0.717) is 0 Å². The molecule has 0 aromatic carbocycles. The van der Waals surface area contributed by atoms with Gasteiger partial charge in [0, 0.05) is 30.7 Å². The molecule has 0 fully saturated rings. The topological polar surface area (TPSA) is 37.8 Å². The van der Waals surface area contributed by atoms with Crippen LogP contribution in [0.15, 0.2) is 24.5 Å². The zero-order valence-electron chi connectivity index (χ0n) is 8.82. The lowest BCUT2D eigenvalue weighted by atomic mass is 10.1. The fourth-order valence-electron chi connectivity index (χ4n) is 1.40. The number of nitrogens with zero attached hydrogens (tertiary/aromatic N) is 2. The third-order valence-corrected chi connectivity index (χ3v) is 3.23. The van der Waals surface area contributed by atoms with E-state index in [9.17, 15) is 0 Å². The molecule has 0 aliphatic heterocycles. The van der Waals surface area contributed by atoms with Gasteiger partial charge in [0.25, 0.3) is 0 Å². The predicted octanol–water partition coefficient (Wildman–Crippen LogP) is 2.48. The molecule has 2 aromatic heterocycles. The molecule has 0 saturated carbocycles. The van der Waals surface area contributed by atoms with Crippen LogP contribution in [0.25, 0.3) is 0 Å². The molecule has 1 N–H and O–H groups in total. The largest absolute Gasteiger partial charge is 0.365 e. The van der Waals surface area contributed by atoms with Gasteiger partial charge in [-0.15, -0.1) is 11.3 Å². The molecule has 4 heteroatoms. The summed E-state index contributed by atoms with van der Waals surface area (Å²) >= 11 is 1.69. The maximum atomic E-state index is 4.50. The third kappa shape index (κ3) is 2.33. The lowest BCUT2D eigenvalue weighted by molar-refractivity contribution is 1.07. The van der Waals surface area contributed by atoms with Gasteiger partial charge in [-0.2, -0.15) is 0 Å². The molecule has 0 bridgehead atoms. The van der Waals surface area contributed by atoms with Crippen LogP contribution < -0.4 is 5.32 Å². The van der Waals surface area contributed by atoms with Crippen molar-refractivity contribution in [2.45, 2.75) is 13.3 Å². The first-order valence-corrected chi connectivity index (χ1v) is 5.64. The molecule has 0 amide bonds. The fraction of sp³-hybridized carbons (Fsp3) is 0.273. The van der Waals surface area contributed by atoms with Crippen molar-refractivity contribution >= 4 is 16.5 Å². The molecule has 0 atom stereocenters. The maximum absolute atomic E-state index is 4.50. The summed E-state index contributed by atoms with van der Waals surface area (Å²) in [6.07, 6.45) is 4.53. The van der Waals surface area contributed by atoms with Crippen molar-refractivity contribution in [1.82, 2.24) is 9.97 Å². The number of hydrogen-bond acceptors (Lipinski definition) is 4. The van der Waals surface area contributed by atoms with E-state index in [1.165, 1.54) is 10.4 Å². The van der Waals surface area contributed by atoms with Crippen LogP contribution in [0.3, 0.4) is 0 Å².